The van der Waals surface area contributed by atoms with Gasteiger partial charge in [0, 0.05) is 23.5 Å². The molecule has 0 saturated carbocycles. The Balaban J connectivity index is 1.51. The predicted octanol–water partition coefficient (Wildman–Crippen LogP) is 4.32. The van der Waals surface area contributed by atoms with Gasteiger partial charge in [-0.25, -0.2) is 0 Å². The minimum Gasteiger partial charge on any atom is -0.455 e. The van der Waals surface area contributed by atoms with Crippen LogP contribution in [0.25, 0.3) is 0 Å². The van der Waals surface area contributed by atoms with Crippen LogP contribution in [0.1, 0.15) is 49.0 Å². The van der Waals surface area contributed by atoms with Gasteiger partial charge < -0.3 is 29.7 Å². The van der Waals surface area contributed by atoms with Gasteiger partial charge in [0.1, 0.15) is 17.7 Å². The molecule has 256 valence electrons. The molecule has 11 heteroatoms. The number of rotatable bonds is 14. The van der Waals surface area contributed by atoms with E-state index in [2.05, 4.69) is 34.4 Å². The van der Waals surface area contributed by atoms with Gasteiger partial charge in [-0.3, -0.25) is 19.2 Å². The molecule has 3 saturated heterocycles. The lowest BCUT2D eigenvalue weighted by Crippen LogP contribution is -2.59. The van der Waals surface area contributed by atoms with Gasteiger partial charge in [-0.05, 0) is 50.3 Å². The zero-order valence-corrected chi connectivity index (χ0v) is 29.2. The lowest BCUT2D eigenvalue weighted by atomic mass is 9.70. The minimum atomic E-state index is -1.35. The number of amides is 3. The number of alkyl halides is 1. The van der Waals surface area contributed by atoms with E-state index >= 15 is 0 Å². The van der Waals surface area contributed by atoms with Crippen molar-refractivity contribution in [3.63, 3.8) is 0 Å². The number of carbonyl (C=O) groups excluding carboxylic acids is 4. The number of carbonyl (C=O) groups is 4. The molecular formula is C37H44BrN3O7. The first-order valence-corrected chi connectivity index (χ1v) is 17.3. The summed E-state index contributed by atoms with van der Waals surface area (Å²) in [6, 6.07) is 13.0. The summed E-state index contributed by atoms with van der Waals surface area (Å²) in [6.45, 7) is 12.9. The SMILES string of the molecule is C=CCCC(=O)NC[C@H](OC(=O)[C@H]1[C@@H]2O[C@@]3(CC2Br)[C@@H]1C(=O)N([C@H](C)CO)[C@@H]3C(=O)N(CC=C)c1c(C)cccc1C)c1ccccc1. The molecule has 5 rings (SSSR count). The van der Waals surface area contributed by atoms with Gasteiger partial charge in [-0.15, -0.1) is 13.2 Å². The van der Waals surface area contributed by atoms with Crippen molar-refractivity contribution in [1.29, 1.82) is 0 Å². The molecular weight excluding hydrogens is 678 g/mol. The van der Waals surface area contributed by atoms with Crippen LogP contribution in [0.4, 0.5) is 5.69 Å². The fraction of sp³-hybridized carbons (Fsp3) is 0.459. The minimum absolute atomic E-state index is 0.0343. The van der Waals surface area contributed by atoms with E-state index in [0.717, 1.165) is 11.1 Å². The second-order valence-electron chi connectivity index (χ2n) is 12.9. The summed E-state index contributed by atoms with van der Waals surface area (Å²) in [7, 11) is 0. The highest BCUT2D eigenvalue weighted by Gasteiger charge is 2.77. The Labute approximate surface area is 290 Å². The second kappa shape index (κ2) is 14.8. The van der Waals surface area contributed by atoms with E-state index in [-0.39, 0.29) is 42.8 Å². The number of ether oxygens (including phenoxy) is 2. The van der Waals surface area contributed by atoms with Gasteiger partial charge in [0.05, 0.1) is 37.1 Å². The first kappa shape index (κ1) is 35.5. The molecule has 2 aromatic rings. The van der Waals surface area contributed by atoms with E-state index in [0.29, 0.717) is 24.1 Å². The number of para-hydroxylation sites is 1. The molecule has 1 spiro atoms. The van der Waals surface area contributed by atoms with Crippen LogP contribution in [0.15, 0.2) is 73.8 Å². The van der Waals surface area contributed by atoms with Gasteiger partial charge in [-0.1, -0.05) is 76.6 Å². The molecule has 8 atom stereocenters. The fourth-order valence-corrected chi connectivity index (χ4v) is 8.56. The Morgan fingerprint density at radius 1 is 1.15 bits per heavy atom. The second-order valence-corrected chi connectivity index (χ2v) is 14.1. The van der Waals surface area contributed by atoms with Crippen molar-refractivity contribution >= 4 is 45.3 Å². The van der Waals surface area contributed by atoms with Crippen molar-refractivity contribution in [2.45, 2.75) is 74.8 Å². The summed E-state index contributed by atoms with van der Waals surface area (Å²) in [6.07, 6.45) is 2.79. The Morgan fingerprint density at radius 2 is 1.83 bits per heavy atom. The zero-order valence-electron chi connectivity index (χ0n) is 27.6. The van der Waals surface area contributed by atoms with Gasteiger partial charge in [0.25, 0.3) is 5.91 Å². The first-order valence-electron chi connectivity index (χ1n) is 16.4. The summed E-state index contributed by atoms with van der Waals surface area (Å²) in [4.78, 5) is 58.7. The number of hydrogen-bond donors (Lipinski definition) is 2. The van der Waals surface area contributed by atoms with Crippen LogP contribution < -0.4 is 10.2 Å². The molecule has 3 aliphatic rings. The number of likely N-dealkylation sites (tertiary alicyclic amines) is 1. The number of halogens is 1. The highest BCUT2D eigenvalue weighted by molar-refractivity contribution is 9.09. The topological polar surface area (TPSA) is 125 Å². The van der Waals surface area contributed by atoms with E-state index in [1.54, 1.807) is 24.0 Å². The molecule has 3 heterocycles. The highest BCUT2D eigenvalue weighted by Crippen LogP contribution is 2.61. The Hall–Kier alpha value is -3.80. The number of nitrogens with one attached hydrogen (secondary N) is 1. The van der Waals surface area contributed by atoms with Crippen molar-refractivity contribution in [2.75, 3.05) is 24.6 Å². The summed E-state index contributed by atoms with van der Waals surface area (Å²) < 4.78 is 12.8. The summed E-state index contributed by atoms with van der Waals surface area (Å²) in [5.74, 6) is -3.72. The van der Waals surface area contributed by atoms with Crippen LogP contribution >= 0.6 is 15.9 Å². The largest absolute Gasteiger partial charge is 0.455 e. The quantitative estimate of drug-likeness (QED) is 0.169. The number of esters is 1. The number of aryl methyl sites for hydroxylation is 2. The van der Waals surface area contributed by atoms with Crippen LogP contribution in [0.3, 0.4) is 0 Å². The molecule has 2 N–H and O–H groups in total. The average Bonchev–Trinajstić information content (AvgIpc) is 3.67. The van der Waals surface area contributed by atoms with Gasteiger partial charge in [0.2, 0.25) is 11.8 Å². The zero-order chi connectivity index (χ0) is 34.7. The standard InChI is InChI=1S/C37H44BrN3O7/c1-6-8-17-28(43)39-20-27(25-15-10-9-11-16-25)47-36(46)29-30-34(44)41(24(5)21-42)33(37(30)19-26(38)32(29)48-37)35(45)40(18-7-2)31-22(3)13-12-14-23(31)4/h6-7,9-16,24,26-27,29-30,32-33,42H,1-2,8,17-21H2,3-5H3,(H,39,43)/t24-,26?,27+,29-,30+,32-,33-,37+/m1/s1. The summed E-state index contributed by atoms with van der Waals surface area (Å²) in [5, 5.41) is 13.1. The molecule has 2 aromatic carbocycles. The lowest BCUT2D eigenvalue weighted by molar-refractivity contribution is -0.160. The predicted molar refractivity (Wildman–Crippen MR) is 185 cm³/mol. The smallest absolute Gasteiger partial charge is 0.313 e. The molecule has 3 aliphatic heterocycles. The number of nitrogens with zero attached hydrogens (tertiary/aromatic N) is 2. The normalized spacial score (nSPS) is 26.8. The maximum atomic E-state index is 14.9. The monoisotopic (exact) mass is 721 g/mol. The molecule has 3 fully saturated rings. The maximum Gasteiger partial charge on any atom is 0.313 e. The van der Waals surface area contributed by atoms with Crippen molar-refractivity contribution in [3.8, 4) is 0 Å². The Morgan fingerprint density at radius 3 is 2.46 bits per heavy atom. The van der Waals surface area contributed by atoms with Crippen molar-refractivity contribution < 1.29 is 33.8 Å². The number of allylic oxidation sites excluding steroid dienone is 1. The molecule has 0 aliphatic carbocycles. The molecule has 0 aromatic heterocycles. The van der Waals surface area contributed by atoms with Crippen molar-refractivity contribution in [2.24, 2.45) is 11.8 Å². The van der Waals surface area contributed by atoms with Crippen LogP contribution in [0.5, 0.6) is 0 Å². The van der Waals surface area contributed by atoms with Crippen molar-refractivity contribution in [3.05, 3.63) is 90.5 Å². The molecule has 2 bridgehead atoms. The number of anilines is 1. The van der Waals surface area contributed by atoms with E-state index in [1.165, 1.54) is 4.90 Å². The Kier molecular flexibility index (Phi) is 10.9. The third kappa shape index (κ3) is 6.35. The van der Waals surface area contributed by atoms with E-state index < -0.39 is 53.6 Å². The number of aliphatic hydroxyl groups excluding tert-OH is 1. The third-order valence-corrected chi connectivity index (χ3v) is 10.6. The summed E-state index contributed by atoms with van der Waals surface area (Å²) >= 11 is 3.71. The average molecular weight is 723 g/mol. The number of benzene rings is 2. The van der Waals surface area contributed by atoms with Gasteiger partial charge in [-0.2, -0.15) is 0 Å². The number of aliphatic hydroxyl groups is 1. The molecule has 1 unspecified atom stereocenters. The molecule has 0 radical (unpaired) electrons. The highest BCUT2D eigenvalue weighted by atomic mass is 79.9. The third-order valence-electron chi connectivity index (χ3n) is 9.75. The lowest BCUT2D eigenvalue weighted by Gasteiger charge is -2.39. The molecule has 48 heavy (non-hydrogen) atoms. The molecule has 10 nitrogen and oxygen atoms in total. The van der Waals surface area contributed by atoms with E-state index in [1.807, 2.05) is 62.4 Å². The fourth-order valence-electron chi connectivity index (χ4n) is 7.62. The molecule has 3 amide bonds. The van der Waals surface area contributed by atoms with Gasteiger partial charge >= 0.3 is 5.97 Å². The van der Waals surface area contributed by atoms with Crippen LogP contribution in [0, 0.1) is 25.7 Å². The number of hydrogen-bond acceptors (Lipinski definition) is 7. The first-order chi connectivity index (χ1) is 23.0. The van der Waals surface area contributed by atoms with Crippen LogP contribution in [0.2, 0.25) is 0 Å². The van der Waals surface area contributed by atoms with Crippen LogP contribution in [-0.2, 0) is 28.7 Å². The van der Waals surface area contributed by atoms with Crippen molar-refractivity contribution in [1.82, 2.24) is 10.2 Å². The van der Waals surface area contributed by atoms with E-state index in [4.69, 9.17) is 9.47 Å². The maximum absolute atomic E-state index is 14.9. The van der Waals surface area contributed by atoms with Crippen LogP contribution in [-0.4, -0.2) is 82.0 Å². The Bertz CT molecular complexity index is 1550. The number of fused-ring (bicyclic) bond motifs is 1. The van der Waals surface area contributed by atoms with Gasteiger partial charge in [0.15, 0.2) is 0 Å². The van der Waals surface area contributed by atoms with E-state index in [9.17, 15) is 24.3 Å². The summed E-state index contributed by atoms with van der Waals surface area (Å²) in [5.41, 5.74) is 1.80.